The molecule has 3 rings (SSSR count). The lowest BCUT2D eigenvalue weighted by Gasteiger charge is -2.46. The van der Waals surface area contributed by atoms with Gasteiger partial charge in [-0.15, -0.1) is 5.10 Å². The molecule has 0 bridgehead atoms. The van der Waals surface area contributed by atoms with Crippen LogP contribution in [-0.2, 0) is 0 Å². The highest BCUT2D eigenvalue weighted by Crippen LogP contribution is 2.28. The fourth-order valence-electron chi connectivity index (χ4n) is 4.00. The molecule has 1 aliphatic rings. The molecular formula is C19H26ClN5O. The monoisotopic (exact) mass is 375 g/mol. The first-order chi connectivity index (χ1) is 12.0. The van der Waals surface area contributed by atoms with Crippen LogP contribution in [0.3, 0.4) is 0 Å². The summed E-state index contributed by atoms with van der Waals surface area (Å²) in [6, 6.07) is 5.64. The Balaban J connectivity index is 1.75. The second-order valence-corrected chi connectivity index (χ2v) is 8.89. The number of piperidine rings is 1. The van der Waals surface area contributed by atoms with Gasteiger partial charge in [-0.1, -0.05) is 22.9 Å². The molecule has 1 aromatic carbocycles. The van der Waals surface area contributed by atoms with Crippen molar-refractivity contribution in [3.63, 3.8) is 0 Å². The van der Waals surface area contributed by atoms with Crippen LogP contribution in [0.2, 0.25) is 5.02 Å². The summed E-state index contributed by atoms with van der Waals surface area (Å²) in [5.74, 6) is -0.200. The molecule has 7 heteroatoms. The maximum Gasteiger partial charge on any atom is 0.273 e. The van der Waals surface area contributed by atoms with Crippen LogP contribution in [0.1, 0.15) is 56.6 Å². The number of hydrogen-bond donors (Lipinski definition) is 2. The summed E-state index contributed by atoms with van der Waals surface area (Å²) in [6.07, 6.45) is 3.37. The van der Waals surface area contributed by atoms with Crippen LogP contribution in [-0.4, -0.2) is 38.0 Å². The predicted molar refractivity (Wildman–Crippen MR) is 103 cm³/mol. The standard InChI is InChI=1S/C19H26ClN5O/c1-12-6-7-13(20)8-16(12)25-11-15(22-24-25)17(26)21-14-9-18(2,3)23-19(4,5)10-14/h6-8,11,14,23H,9-10H2,1-5H3,(H,21,26). The number of carbonyl (C=O) groups excluding carboxylic acids is 1. The van der Waals surface area contributed by atoms with Crippen LogP contribution in [0.25, 0.3) is 5.69 Å². The lowest BCUT2D eigenvalue weighted by Crippen LogP contribution is -2.62. The van der Waals surface area contributed by atoms with Crippen molar-refractivity contribution in [1.82, 2.24) is 25.6 Å². The normalized spacial score (nSPS) is 19.3. The molecule has 1 aromatic heterocycles. The number of carbonyl (C=O) groups is 1. The largest absolute Gasteiger partial charge is 0.348 e. The van der Waals surface area contributed by atoms with Gasteiger partial charge >= 0.3 is 0 Å². The molecule has 0 unspecified atom stereocenters. The van der Waals surface area contributed by atoms with Gasteiger partial charge in [-0.25, -0.2) is 4.68 Å². The van der Waals surface area contributed by atoms with E-state index in [-0.39, 0.29) is 23.0 Å². The Morgan fingerprint density at radius 1 is 1.27 bits per heavy atom. The summed E-state index contributed by atoms with van der Waals surface area (Å²) in [5, 5.41) is 15.5. The molecule has 26 heavy (non-hydrogen) atoms. The molecular weight excluding hydrogens is 350 g/mol. The van der Waals surface area contributed by atoms with E-state index in [0.29, 0.717) is 10.7 Å². The Labute approximate surface area is 159 Å². The zero-order valence-corrected chi connectivity index (χ0v) is 16.7. The van der Waals surface area contributed by atoms with Gasteiger partial charge in [0, 0.05) is 22.1 Å². The van der Waals surface area contributed by atoms with Crippen LogP contribution in [0.5, 0.6) is 0 Å². The number of rotatable bonds is 3. The third-order valence-corrected chi connectivity index (χ3v) is 4.90. The zero-order chi connectivity index (χ0) is 19.1. The maximum absolute atomic E-state index is 12.7. The lowest BCUT2D eigenvalue weighted by molar-refractivity contribution is 0.0868. The second-order valence-electron chi connectivity index (χ2n) is 8.45. The molecule has 2 heterocycles. The van der Waals surface area contributed by atoms with Gasteiger partial charge in [0.05, 0.1) is 11.9 Å². The molecule has 1 amide bonds. The average Bonchev–Trinajstić information content (AvgIpc) is 2.96. The van der Waals surface area contributed by atoms with Crippen molar-refractivity contribution in [3.05, 3.63) is 40.7 Å². The van der Waals surface area contributed by atoms with Gasteiger partial charge in [-0.2, -0.15) is 0 Å². The van der Waals surface area contributed by atoms with Gasteiger partial charge in [-0.3, -0.25) is 4.79 Å². The Hall–Kier alpha value is -1.92. The van der Waals surface area contributed by atoms with Crippen molar-refractivity contribution in [2.24, 2.45) is 0 Å². The number of halogens is 1. The first kappa shape index (κ1) is 18.9. The van der Waals surface area contributed by atoms with Crippen molar-refractivity contribution in [1.29, 1.82) is 0 Å². The van der Waals surface area contributed by atoms with Crippen molar-refractivity contribution >= 4 is 17.5 Å². The van der Waals surface area contributed by atoms with Gasteiger partial charge < -0.3 is 10.6 Å². The Bertz CT molecular complexity index is 811. The molecule has 6 nitrogen and oxygen atoms in total. The molecule has 1 aliphatic heterocycles. The van der Waals surface area contributed by atoms with E-state index in [1.165, 1.54) is 0 Å². The summed E-state index contributed by atoms with van der Waals surface area (Å²) < 4.78 is 1.59. The van der Waals surface area contributed by atoms with E-state index in [9.17, 15) is 4.79 Å². The zero-order valence-electron chi connectivity index (χ0n) is 15.9. The number of hydrogen-bond acceptors (Lipinski definition) is 4. The molecule has 140 valence electrons. The highest BCUT2D eigenvalue weighted by molar-refractivity contribution is 6.30. The number of aromatic nitrogens is 3. The van der Waals surface area contributed by atoms with Gasteiger partial charge in [0.2, 0.25) is 0 Å². The Kier molecular flexibility index (Phi) is 4.84. The molecule has 0 spiro atoms. The summed E-state index contributed by atoms with van der Waals surface area (Å²) >= 11 is 6.07. The minimum atomic E-state index is -0.200. The molecule has 0 aliphatic carbocycles. The predicted octanol–water partition coefficient (Wildman–Crippen LogP) is 3.27. The lowest BCUT2D eigenvalue weighted by atomic mass is 9.79. The number of benzene rings is 1. The minimum absolute atomic E-state index is 0.0325. The van der Waals surface area contributed by atoms with Gasteiger partial charge in [0.15, 0.2) is 5.69 Å². The molecule has 0 radical (unpaired) electrons. The number of aryl methyl sites for hydroxylation is 1. The van der Waals surface area contributed by atoms with Gasteiger partial charge in [0.1, 0.15) is 0 Å². The molecule has 1 fully saturated rings. The Morgan fingerprint density at radius 2 is 1.92 bits per heavy atom. The van der Waals surface area contributed by atoms with Crippen LogP contribution in [0.4, 0.5) is 0 Å². The van der Waals surface area contributed by atoms with Gasteiger partial charge in [0.25, 0.3) is 5.91 Å². The van der Waals surface area contributed by atoms with E-state index in [1.807, 2.05) is 25.1 Å². The minimum Gasteiger partial charge on any atom is -0.348 e. The van der Waals surface area contributed by atoms with E-state index in [0.717, 1.165) is 24.1 Å². The SMILES string of the molecule is Cc1ccc(Cl)cc1-n1cc(C(=O)NC2CC(C)(C)NC(C)(C)C2)nn1. The smallest absolute Gasteiger partial charge is 0.273 e. The summed E-state index contributed by atoms with van der Waals surface area (Å²) in [4.78, 5) is 12.7. The number of amides is 1. The van der Waals surface area contributed by atoms with Crippen molar-refractivity contribution in [3.8, 4) is 5.69 Å². The van der Waals surface area contributed by atoms with Gasteiger partial charge in [-0.05, 0) is 65.2 Å². The van der Waals surface area contributed by atoms with Crippen LogP contribution < -0.4 is 10.6 Å². The molecule has 2 aromatic rings. The summed E-state index contributed by atoms with van der Waals surface area (Å²) in [5.41, 5.74) is 2.06. The maximum atomic E-state index is 12.7. The van der Waals surface area contributed by atoms with E-state index < -0.39 is 0 Å². The highest BCUT2D eigenvalue weighted by Gasteiger charge is 2.38. The van der Waals surface area contributed by atoms with Crippen molar-refractivity contribution < 1.29 is 4.79 Å². The first-order valence-corrected chi connectivity index (χ1v) is 9.22. The number of nitrogens with zero attached hydrogens (tertiary/aromatic N) is 3. The van der Waals surface area contributed by atoms with E-state index >= 15 is 0 Å². The third-order valence-electron chi connectivity index (χ3n) is 4.67. The molecule has 2 N–H and O–H groups in total. The topological polar surface area (TPSA) is 71.8 Å². The van der Waals surface area contributed by atoms with Crippen LogP contribution >= 0.6 is 11.6 Å². The summed E-state index contributed by atoms with van der Waals surface area (Å²) in [6.45, 7) is 10.6. The molecule has 1 saturated heterocycles. The Morgan fingerprint density at radius 3 is 2.58 bits per heavy atom. The quantitative estimate of drug-likeness (QED) is 0.863. The number of nitrogens with one attached hydrogen (secondary N) is 2. The summed E-state index contributed by atoms with van der Waals surface area (Å²) in [7, 11) is 0. The van der Waals surface area contributed by atoms with Crippen molar-refractivity contribution in [2.75, 3.05) is 0 Å². The first-order valence-electron chi connectivity index (χ1n) is 8.84. The van der Waals surface area contributed by atoms with E-state index in [1.54, 1.807) is 10.9 Å². The molecule has 0 atom stereocenters. The van der Waals surface area contributed by atoms with E-state index in [2.05, 4.69) is 48.6 Å². The van der Waals surface area contributed by atoms with Crippen LogP contribution in [0.15, 0.2) is 24.4 Å². The highest BCUT2D eigenvalue weighted by atomic mass is 35.5. The fraction of sp³-hybridized carbons (Fsp3) is 0.526. The third kappa shape index (κ3) is 4.24. The van der Waals surface area contributed by atoms with Crippen molar-refractivity contribution in [2.45, 2.75) is 64.6 Å². The van der Waals surface area contributed by atoms with Crippen LogP contribution in [0, 0.1) is 6.92 Å². The second kappa shape index (κ2) is 6.67. The average molecular weight is 376 g/mol. The fourth-order valence-corrected chi connectivity index (χ4v) is 4.16. The van der Waals surface area contributed by atoms with E-state index in [4.69, 9.17) is 11.6 Å². The molecule has 0 saturated carbocycles.